The molecule has 2 aliphatic heterocycles. The summed E-state index contributed by atoms with van der Waals surface area (Å²) in [6.07, 6.45) is -14.4. The maximum Gasteiger partial charge on any atom is 0.338 e. The van der Waals surface area contributed by atoms with Crippen LogP contribution >= 0.6 is 0 Å². The Morgan fingerprint density at radius 2 is 0.844 bits per heavy atom. The molecule has 4 aromatic rings. The molecule has 0 radical (unpaired) electrons. The van der Waals surface area contributed by atoms with Crippen LogP contribution in [0.5, 0.6) is 0 Å². The molecule has 0 bridgehead atoms. The first-order valence-corrected chi connectivity index (χ1v) is 20.3. The van der Waals surface area contributed by atoms with Gasteiger partial charge in [-0.25, -0.2) is 14.4 Å². The van der Waals surface area contributed by atoms with E-state index in [0.29, 0.717) is 5.56 Å². The molecule has 10 unspecified atom stereocenters. The fraction of sp³-hybridized carbons (Fsp3) is 0.362. The molecule has 64 heavy (non-hydrogen) atoms. The van der Waals surface area contributed by atoms with Crippen molar-refractivity contribution >= 4 is 35.8 Å². The standard InChI is InChI=1S/C47H48O17/c1-28(48)55-26-35-37(58-29(2)49)39(59-30(3)50)41(56-25-31-17-9-5-10-18-31)47(61-35)57-27-36-38(62-43(51)32-19-11-6-12-20-32)40(63-44(52)33-21-13-7-14-22-33)42(46(54-4)60-36)64-45(53)34-23-15-8-16-24-34/h5-24,35-42,46-47H,25-27H2,1-4H3. The van der Waals surface area contributed by atoms with Gasteiger partial charge in [0.25, 0.3) is 0 Å². The van der Waals surface area contributed by atoms with Crippen molar-refractivity contribution in [2.45, 2.75) is 88.8 Å². The van der Waals surface area contributed by atoms with Crippen molar-refractivity contribution in [1.82, 2.24) is 0 Å². The van der Waals surface area contributed by atoms with Crippen LogP contribution in [0, 0.1) is 0 Å². The van der Waals surface area contributed by atoms with Gasteiger partial charge in [0.2, 0.25) is 0 Å². The molecule has 10 atom stereocenters. The van der Waals surface area contributed by atoms with Gasteiger partial charge in [-0.1, -0.05) is 84.9 Å². The van der Waals surface area contributed by atoms with Gasteiger partial charge in [0.05, 0.1) is 29.9 Å². The van der Waals surface area contributed by atoms with Crippen molar-refractivity contribution in [3.63, 3.8) is 0 Å². The Kier molecular flexibility index (Phi) is 16.7. The second-order valence-corrected chi connectivity index (χ2v) is 14.6. The van der Waals surface area contributed by atoms with Crippen LogP contribution < -0.4 is 0 Å². The van der Waals surface area contributed by atoms with Crippen LogP contribution in [0.2, 0.25) is 0 Å². The molecule has 17 nitrogen and oxygen atoms in total. The summed E-state index contributed by atoms with van der Waals surface area (Å²) in [5, 5.41) is 0. The minimum Gasteiger partial charge on any atom is -0.463 e. The van der Waals surface area contributed by atoms with Crippen molar-refractivity contribution in [3.8, 4) is 0 Å². The minimum absolute atomic E-state index is 0.0666. The van der Waals surface area contributed by atoms with Crippen LogP contribution in [0.4, 0.5) is 0 Å². The quantitative estimate of drug-likeness (QED) is 0.103. The summed E-state index contributed by atoms with van der Waals surface area (Å²) in [7, 11) is 1.27. The number of hydrogen-bond acceptors (Lipinski definition) is 17. The molecule has 2 saturated heterocycles. The summed E-state index contributed by atoms with van der Waals surface area (Å²) >= 11 is 0. The lowest BCUT2D eigenvalue weighted by atomic mass is 9.97. The lowest BCUT2D eigenvalue weighted by molar-refractivity contribution is -0.334. The number of ether oxygens (including phenoxy) is 11. The summed E-state index contributed by atoms with van der Waals surface area (Å²) in [6.45, 7) is 2.38. The van der Waals surface area contributed by atoms with Crippen LogP contribution in [0.1, 0.15) is 57.4 Å². The molecule has 2 fully saturated rings. The topological polar surface area (TPSA) is 204 Å². The van der Waals surface area contributed by atoms with Crippen LogP contribution in [-0.2, 0) is 73.1 Å². The number of carbonyl (C=O) groups is 6. The maximum absolute atomic E-state index is 13.9. The van der Waals surface area contributed by atoms with Gasteiger partial charge in [0.15, 0.2) is 43.1 Å². The third-order valence-electron chi connectivity index (χ3n) is 9.94. The van der Waals surface area contributed by atoms with E-state index < -0.39 is 110 Å². The van der Waals surface area contributed by atoms with E-state index in [4.69, 9.17) is 52.1 Å². The zero-order valence-corrected chi connectivity index (χ0v) is 35.4. The van der Waals surface area contributed by atoms with Gasteiger partial charge in [0.1, 0.15) is 24.9 Å². The predicted molar refractivity (Wildman–Crippen MR) is 220 cm³/mol. The highest BCUT2D eigenvalue weighted by molar-refractivity contribution is 5.91. The second kappa shape index (κ2) is 22.7. The molecule has 0 aromatic heterocycles. The first-order chi connectivity index (χ1) is 30.9. The normalized spacial score (nSPS) is 25.2. The third kappa shape index (κ3) is 12.6. The van der Waals surface area contributed by atoms with E-state index in [-0.39, 0.29) is 23.3 Å². The van der Waals surface area contributed by atoms with E-state index in [1.165, 1.54) is 50.4 Å². The highest BCUT2D eigenvalue weighted by Crippen LogP contribution is 2.34. The number of rotatable bonds is 17. The maximum atomic E-state index is 13.9. The van der Waals surface area contributed by atoms with E-state index in [2.05, 4.69) is 0 Å². The summed E-state index contributed by atoms with van der Waals surface area (Å²) in [5.41, 5.74) is 1.12. The molecule has 0 aliphatic carbocycles. The summed E-state index contributed by atoms with van der Waals surface area (Å²) < 4.78 is 66.0. The number of esters is 6. The van der Waals surface area contributed by atoms with Crippen molar-refractivity contribution in [3.05, 3.63) is 144 Å². The zero-order chi connectivity index (χ0) is 45.6. The Morgan fingerprint density at radius 3 is 1.33 bits per heavy atom. The number of benzene rings is 4. The minimum atomic E-state index is -1.60. The van der Waals surface area contributed by atoms with E-state index in [0.717, 1.165) is 13.8 Å². The van der Waals surface area contributed by atoms with E-state index >= 15 is 0 Å². The first-order valence-electron chi connectivity index (χ1n) is 20.3. The van der Waals surface area contributed by atoms with Gasteiger partial charge in [-0.3, -0.25) is 14.4 Å². The largest absolute Gasteiger partial charge is 0.463 e. The molecule has 0 spiro atoms. The summed E-state index contributed by atoms with van der Waals surface area (Å²) in [4.78, 5) is 78.5. The zero-order valence-electron chi connectivity index (χ0n) is 35.4. The Bertz CT molecular complexity index is 2170. The monoisotopic (exact) mass is 884 g/mol. The van der Waals surface area contributed by atoms with Gasteiger partial charge in [-0.05, 0) is 42.0 Å². The molecule has 0 saturated carbocycles. The fourth-order valence-corrected chi connectivity index (χ4v) is 7.04. The van der Waals surface area contributed by atoms with Crippen LogP contribution in [0.3, 0.4) is 0 Å². The number of methoxy groups -OCH3 is 1. The Balaban J connectivity index is 1.39. The van der Waals surface area contributed by atoms with Crippen molar-refractivity contribution in [2.75, 3.05) is 20.3 Å². The molecule has 6 rings (SSSR count). The summed E-state index contributed by atoms with van der Waals surface area (Å²) in [6, 6.07) is 32.9. The van der Waals surface area contributed by atoms with Crippen molar-refractivity contribution in [2.24, 2.45) is 0 Å². The number of hydrogen-bond donors (Lipinski definition) is 0. The van der Waals surface area contributed by atoms with Gasteiger partial charge >= 0.3 is 35.8 Å². The van der Waals surface area contributed by atoms with E-state index in [1.54, 1.807) is 78.9 Å². The molecular formula is C47H48O17. The van der Waals surface area contributed by atoms with Crippen LogP contribution in [-0.4, -0.2) is 118 Å². The molecule has 0 amide bonds. The lowest BCUT2D eigenvalue weighted by Crippen LogP contribution is -2.64. The second-order valence-electron chi connectivity index (χ2n) is 14.6. The van der Waals surface area contributed by atoms with E-state index in [9.17, 15) is 28.8 Å². The Morgan fingerprint density at radius 1 is 0.438 bits per heavy atom. The first kappa shape index (κ1) is 47.0. The molecule has 338 valence electrons. The smallest absolute Gasteiger partial charge is 0.338 e. The predicted octanol–water partition coefficient (Wildman–Crippen LogP) is 4.79. The fourth-order valence-electron chi connectivity index (χ4n) is 7.04. The average molecular weight is 885 g/mol. The Hall–Kier alpha value is -6.50. The van der Waals surface area contributed by atoms with Gasteiger partial charge in [0, 0.05) is 27.9 Å². The third-order valence-corrected chi connectivity index (χ3v) is 9.94. The molecule has 4 aromatic carbocycles. The summed E-state index contributed by atoms with van der Waals surface area (Å²) in [5.74, 6) is -4.76. The molecule has 2 heterocycles. The lowest BCUT2D eigenvalue weighted by Gasteiger charge is -2.46. The SMILES string of the molecule is COC1OC(COC2OC(COC(C)=O)C(OC(C)=O)C(OC(C)=O)C2OCc2ccccc2)C(OC(=O)c2ccccc2)C(OC(=O)c2ccccc2)C1OC(=O)c1ccccc1. The van der Waals surface area contributed by atoms with Gasteiger partial charge in [-0.15, -0.1) is 0 Å². The highest BCUT2D eigenvalue weighted by Gasteiger charge is 2.55. The molecular weight excluding hydrogens is 836 g/mol. The van der Waals surface area contributed by atoms with E-state index in [1.807, 2.05) is 6.07 Å². The van der Waals surface area contributed by atoms with Crippen molar-refractivity contribution in [1.29, 1.82) is 0 Å². The number of carbonyl (C=O) groups excluding carboxylic acids is 6. The van der Waals surface area contributed by atoms with Crippen molar-refractivity contribution < 1.29 is 80.9 Å². The van der Waals surface area contributed by atoms with Gasteiger partial charge in [-0.2, -0.15) is 0 Å². The molecule has 17 heteroatoms. The Labute approximate surface area is 368 Å². The average Bonchev–Trinajstić information content (AvgIpc) is 3.30. The highest BCUT2D eigenvalue weighted by atomic mass is 16.8. The van der Waals surface area contributed by atoms with Crippen LogP contribution in [0.25, 0.3) is 0 Å². The molecule has 2 aliphatic rings. The van der Waals surface area contributed by atoms with Crippen LogP contribution in [0.15, 0.2) is 121 Å². The molecule has 0 N–H and O–H groups in total. The van der Waals surface area contributed by atoms with Gasteiger partial charge < -0.3 is 52.1 Å².